The zero-order valence-corrected chi connectivity index (χ0v) is 11.2. The summed E-state index contributed by atoms with van der Waals surface area (Å²) in [6.45, 7) is 0.287. The first-order valence-corrected chi connectivity index (χ1v) is 5.58. The number of terminal acetylenes is 1. The van der Waals surface area contributed by atoms with Crippen LogP contribution in [-0.2, 0) is 0 Å². The molecular formula is C14H16N2O3. The first kappa shape index (κ1) is 14.7. The largest absolute Gasteiger partial charge is 0.496 e. The molecule has 1 N–H and O–H groups in total. The Hall–Kier alpha value is -2.37. The van der Waals surface area contributed by atoms with E-state index in [9.17, 15) is 5.26 Å². The van der Waals surface area contributed by atoms with Gasteiger partial charge in [-0.1, -0.05) is 5.92 Å². The lowest BCUT2D eigenvalue weighted by Crippen LogP contribution is -2.20. The average Bonchev–Trinajstić information content (AvgIpc) is 2.47. The third kappa shape index (κ3) is 3.31. The fraction of sp³-hybridized carbons (Fsp3) is 0.357. The molecule has 1 rings (SSSR count). The van der Waals surface area contributed by atoms with Crippen molar-refractivity contribution in [1.29, 1.82) is 5.26 Å². The first-order chi connectivity index (χ1) is 9.21. The zero-order chi connectivity index (χ0) is 14.3. The first-order valence-electron chi connectivity index (χ1n) is 5.58. The summed E-state index contributed by atoms with van der Waals surface area (Å²) in [7, 11) is 4.60. The van der Waals surface area contributed by atoms with Crippen LogP contribution < -0.4 is 19.5 Å². The molecule has 0 saturated heterocycles. The number of methoxy groups -OCH3 is 3. The second-order valence-electron chi connectivity index (χ2n) is 3.60. The van der Waals surface area contributed by atoms with E-state index >= 15 is 0 Å². The van der Waals surface area contributed by atoms with Crippen LogP contribution in [-0.4, -0.2) is 27.9 Å². The number of nitrogens with zero attached hydrogens (tertiary/aromatic N) is 1. The Kier molecular flexibility index (Phi) is 5.53. The number of nitrogens with one attached hydrogen (secondary N) is 1. The standard InChI is InChI=1S/C14H16N2O3/c1-5-6-16-11(9-15)10-7-13(18-3)14(19-4)8-12(10)17-2/h1,7-8,11,16H,6H2,2-4H3. The van der Waals surface area contributed by atoms with Gasteiger partial charge in [0.1, 0.15) is 11.8 Å². The number of ether oxygens (including phenoxy) is 3. The van der Waals surface area contributed by atoms with Crippen molar-refractivity contribution in [3.63, 3.8) is 0 Å². The van der Waals surface area contributed by atoms with Crippen molar-refractivity contribution in [3.8, 4) is 35.7 Å². The minimum absolute atomic E-state index is 0.287. The van der Waals surface area contributed by atoms with Crippen LogP contribution in [0.15, 0.2) is 12.1 Å². The van der Waals surface area contributed by atoms with Crippen molar-refractivity contribution < 1.29 is 14.2 Å². The molecule has 0 aromatic heterocycles. The van der Waals surface area contributed by atoms with E-state index in [2.05, 4.69) is 17.3 Å². The molecule has 100 valence electrons. The van der Waals surface area contributed by atoms with E-state index in [1.165, 1.54) is 21.3 Å². The third-order valence-corrected chi connectivity index (χ3v) is 2.58. The van der Waals surface area contributed by atoms with E-state index in [1.807, 2.05) is 0 Å². The van der Waals surface area contributed by atoms with E-state index in [0.29, 0.717) is 22.8 Å². The topological polar surface area (TPSA) is 63.5 Å². The zero-order valence-electron chi connectivity index (χ0n) is 11.2. The lowest BCUT2D eigenvalue weighted by Gasteiger charge is -2.17. The molecule has 0 spiro atoms. The molecule has 5 nitrogen and oxygen atoms in total. The van der Waals surface area contributed by atoms with Gasteiger partial charge in [-0.3, -0.25) is 5.32 Å². The predicted molar refractivity (Wildman–Crippen MR) is 71.3 cm³/mol. The fourth-order valence-corrected chi connectivity index (χ4v) is 1.66. The molecule has 0 aliphatic carbocycles. The summed E-state index contributed by atoms with van der Waals surface area (Å²) in [6, 6.07) is 4.94. The van der Waals surface area contributed by atoms with Gasteiger partial charge in [-0.05, 0) is 6.07 Å². The summed E-state index contributed by atoms with van der Waals surface area (Å²) < 4.78 is 15.7. The maximum atomic E-state index is 9.21. The molecule has 0 heterocycles. The Morgan fingerprint density at radius 2 is 1.74 bits per heavy atom. The molecular weight excluding hydrogens is 244 g/mol. The van der Waals surface area contributed by atoms with E-state index < -0.39 is 6.04 Å². The average molecular weight is 260 g/mol. The van der Waals surface area contributed by atoms with Gasteiger partial charge in [0.05, 0.1) is 33.9 Å². The van der Waals surface area contributed by atoms with Crippen molar-refractivity contribution >= 4 is 0 Å². The lowest BCUT2D eigenvalue weighted by molar-refractivity contribution is 0.346. The van der Waals surface area contributed by atoms with Gasteiger partial charge in [-0.2, -0.15) is 5.26 Å². The molecule has 0 aliphatic rings. The SMILES string of the molecule is C#CCNC(C#N)c1cc(OC)c(OC)cc1OC. The van der Waals surface area contributed by atoms with Crippen molar-refractivity contribution in [1.82, 2.24) is 5.32 Å². The molecule has 0 amide bonds. The molecule has 1 aromatic carbocycles. The Balaban J connectivity index is 3.24. The maximum absolute atomic E-state index is 9.21. The highest BCUT2D eigenvalue weighted by atomic mass is 16.5. The van der Waals surface area contributed by atoms with Crippen LogP contribution >= 0.6 is 0 Å². The highest BCUT2D eigenvalue weighted by molar-refractivity contribution is 5.52. The molecule has 0 fully saturated rings. The van der Waals surface area contributed by atoms with Gasteiger partial charge in [-0.25, -0.2) is 0 Å². The van der Waals surface area contributed by atoms with Crippen LogP contribution in [0.4, 0.5) is 0 Å². The Labute approximate surface area is 113 Å². The number of hydrogen-bond acceptors (Lipinski definition) is 5. The molecule has 0 radical (unpaired) electrons. The van der Waals surface area contributed by atoms with Crippen LogP contribution in [0, 0.1) is 23.7 Å². The van der Waals surface area contributed by atoms with Crippen LogP contribution in [0.5, 0.6) is 17.2 Å². The van der Waals surface area contributed by atoms with Crippen LogP contribution in [0.2, 0.25) is 0 Å². The minimum atomic E-state index is -0.578. The van der Waals surface area contributed by atoms with Crippen LogP contribution in [0.1, 0.15) is 11.6 Å². The van der Waals surface area contributed by atoms with Crippen LogP contribution in [0.3, 0.4) is 0 Å². The predicted octanol–water partition coefficient (Wildman–Crippen LogP) is 1.50. The molecule has 1 unspecified atom stereocenters. The Morgan fingerprint density at radius 1 is 1.16 bits per heavy atom. The Bertz CT molecular complexity index is 515. The molecule has 19 heavy (non-hydrogen) atoms. The summed E-state index contributed by atoms with van der Waals surface area (Å²) in [6.07, 6.45) is 5.18. The number of hydrogen-bond donors (Lipinski definition) is 1. The highest BCUT2D eigenvalue weighted by Crippen LogP contribution is 2.37. The van der Waals surface area contributed by atoms with E-state index in [1.54, 1.807) is 12.1 Å². The fourth-order valence-electron chi connectivity index (χ4n) is 1.66. The van der Waals surface area contributed by atoms with Gasteiger partial charge >= 0.3 is 0 Å². The maximum Gasteiger partial charge on any atom is 0.164 e. The highest BCUT2D eigenvalue weighted by Gasteiger charge is 2.19. The van der Waals surface area contributed by atoms with Gasteiger partial charge in [0.2, 0.25) is 0 Å². The normalized spacial score (nSPS) is 11.0. The van der Waals surface area contributed by atoms with Crippen molar-refractivity contribution in [2.45, 2.75) is 6.04 Å². The molecule has 0 bridgehead atoms. The van der Waals surface area contributed by atoms with Gasteiger partial charge in [0, 0.05) is 11.6 Å². The third-order valence-electron chi connectivity index (χ3n) is 2.58. The van der Waals surface area contributed by atoms with Crippen molar-refractivity contribution in [3.05, 3.63) is 17.7 Å². The molecule has 0 aliphatic heterocycles. The summed E-state index contributed by atoms with van der Waals surface area (Å²) >= 11 is 0. The van der Waals surface area contributed by atoms with Crippen LogP contribution in [0.25, 0.3) is 0 Å². The quantitative estimate of drug-likeness (QED) is 0.785. The summed E-state index contributed by atoms with van der Waals surface area (Å²) in [5, 5.41) is 12.1. The van der Waals surface area contributed by atoms with E-state index in [0.717, 1.165) is 0 Å². The number of benzene rings is 1. The lowest BCUT2D eigenvalue weighted by atomic mass is 10.1. The molecule has 0 saturated carbocycles. The number of nitriles is 1. The summed E-state index contributed by atoms with van der Waals surface area (Å²) in [4.78, 5) is 0. The second-order valence-corrected chi connectivity index (χ2v) is 3.60. The molecule has 1 aromatic rings. The van der Waals surface area contributed by atoms with Gasteiger partial charge < -0.3 is 14.2 Å². The Morgan fingerprint density at radius 3 is 2.21 bits per heavy atom. The van der Waals surface area contributed by atoms with E-state index in [4.69, 9.17) is 20.6 Å². The monoisotopic (exact) mass is 260 g/mol. The smallest absolute Gasteiger partial charge is 0.164 e. The summed E-state index contributed by atoms with van der Waals surface area (Å²) in [5.41, 5.74) is 0.651. The van der Waals surface area contributed by atoms with E-state index in [-0.39, 0.29) is 6.54 Å². The molecule has 1 atom stereocenters. The van der Waals surface area contributed by atoms with Gasteiger partial charge in [0.25, 0.3) is 0 Å². The minimum Gasteiger partial charge on any atom is -0.496 e. The van der Waals surface area contributed by atoms with Crippen molar-refractivity contribution in [2.24, 2.45) is 0 Å². The van der Waals surface area contributed by atoms with Gasteiger partial charge in [0.15, 0.2) is 11.5 Å². The summed E-state index contributed by atoms with van der Waals surface area (Å²) in [5.74, 6) is 4.04. The second kappa shape index (κ2) is 7.15. The number of rotatable bonds is 6. The van der Waals surface area contributed by atoms with Crippen molar-refractivity contribution in [2.75, 3.05) is 27.9 Å². The molecule has 5 heteroatoms. The van der Waals surface area contributed by atoms with Gasteiger partial charge in [-0.15, -0.1) is 6.42 Å².